The molecule has 3 aromatic rings. The lowest BCUT2D eigenvalue weighted by Crippen LogP contribution is -2.30. The summed E-state index contributed by atoms with van der Waals surface area (Å²) in [4.78, 5) is 12.5. The van der Waals surface area contributed by atoms with Gasteiger partial charge in [0.1, 0.15) is 5.75 Å². The van der Waals surface area contributed by atoms with Crippen molar-refractivity contribution in [1.82, 2.24) is 0 Å². The lowest BCUT2D eigenvalue weighted by Gasteiger charge is -2.08. The predicted molar refractivity (Wildman–Crippen MR) is 165 cm³/mol. The lowest BCUT2D eigenvalue weighted by atomic mass is 10.0. The van der Waals surface area contributed by atoms with Crippen molar-refractivity contribution < 1.29 is 14.1 Å². The van der Waals surface area contributed by atoms with E-state index < -0.39 is 0 Å². The summed E-state index contributed by atoms with van der Waals surface area (Å²) < 4.78 is 8.06. The molecule has 0 aliphatic heterocycles. The Morgan fingerprint density at radius 1 is 0.744 bits per heavy atom. The fourth-order valence-corrected chi connectivity index (χ4v) is 5.43. The number of nitrogens with one attached hydrogen (secondary N) is 1. The monoisotopic (exact) mass is 549 g/mol. The zero-order chi connectivity index (χ0) is 27.4. The van der Waals surface area contributed by atoms with Gasteiger partial charge in [0.2, 0.25) is 11.4 Å². The summed E-state index contributed by atoms with van der Waals surface area (Å²) in [6, 6.07) is 16.0. The molecule has 1 heterocycles. The summed E-state index contributed by atoms with van der Waals surface area (Å²) in [5.74, 6) is 0.874. The highest BCUT2D eigenvalue weighted by Crippen LogP contribution is 2.16. The van der Waals surface area contributed by atoms with Crippen molar-refractivity contribution in [2.75, 3.05) is 11.9 Å². The molecule has 1 amide bonds. The van der Waals surface area contributed by atoms with Crippen LogP contribution in [0.4, 0.5) is 5.69 Å². The Bertz CT molecular complexity index is 1020. The molecule has 39 heavy (non-hydrogen) atoms. The average Bonchev–Trinajstić information content (AvgIpc) is 3.46. The number of thiazole rings is 1. The predicted octanol–water partition coefficient (Wildman–Crippen LogP) is 9.13. The van der Waals surface area contributed by atoms with Crippen molar-refractivity contribution >= 4 is 22.9 Å². The summed E-state index contributed by atoms with van der Waals surface area (Å²) in [7, 11) is 0. The van der Waals surface area contributed by atoms with Crippen LogP contribution in [0, 0.1) is 0 Å². The highest BCUT2D eigenvalue weighted by molar-refractivity contribution is 7.07. The van der Waals surface area contributed by atoms with Crippen LogP contribution in [0.3, 0.4) is 0 Å². The van der Waals surface area contributed by atoms with E-state index in [9.17, 15) is 4.79 Å². The highest BCUT2D eigenvalue weighted by Gasteiger charge is 2.07. The van der Waals surface area contributed by atoms with Crippen LogP contribution in [0.25, 0.3) is 0 Å². The van der Waals surface area contributed by atoms with Crippen molar-refractivity contribution in [3.05, 3.63) is 76.7 Å². The molecule has 0 aliphatic carbocycles. The molecule has 0 saturated heterocycles. The van der Waals surface area contributed by atoms with Gasteiger partial charge in [0, 0.05) is 11.3 Å². The number of amides is 1. The molecular weight excluding hydrogens is 500 g/mol. The number of rotatable bonds is 21. The number of hydrogen-bond acceptors (Lipinski definition) is 3. The molecule has 0 radical (unpaired) electrons. The number of ether oxygens (including phenoxy) is 1. The SMILES string of the molecule is CCCCCCCCCCCCCCCCOc1ccc(CC(=O)Nc2ccc(C[n+]3ccsc3)cc2)cc1. The zero-order valence-corrected chi connectivity index (χ0v) is 24.9. The second kappa shape index (κ2) is 19.4. The largest absolute Gasteiger partial charge is 0.494 e. The van der Waals surface area contributed by atoms with Crippen LogP contribution in [0.2, 0.25) is 0 Å². The van der Waals surface area contributed by atoms with Gasteiger partial charge in [-0.1, -0.05) is 126 Å². The Hall–Kier alpha value is -2.66. The van der Waals surface area contributed by atoms with E-state index in [2.05, 4.69) is 46.0 Å². The van der Waals surface area contributed by atoms with Gasteiger partial charge in [-0.15, -0.1) is 0 Å². The van der Waals surface area contributed by atoms with Crippen LogP contribution in [-0.4, -0.2) is 12.5 Å². The van der Waals surface area contributed by atoms with Gasteiger partial charge >= 0.3 is 0 Å². The summed E-state index contributed by atoms with van der Waals surface area (Å²) in [5.41, 5.74) is 5.11. The Morgan fingerprint density at radius 2 is 1.31 bits per heavy atom. The first kappa shape index (κ1) is 30.9. The van der Waals surface area contributed by atoms with Crippen LogP contribution in [0.15, 0.2) is 65.6 Å². The van der Waals surface area contributed by atoms with E-state index in [4.69, 9.17) is 4.74 Å². The molecule has 212 valence electrons. The van der Waals surface area contributed by atoms with E-state index in [1.165, 1.54) is 89.0 Å². The van der Waals surface area contributed by atoms with Crippen molar-refractivity contribution in [2.45, 2.75) is 110 Å². The summed E-state index contributed by atoms with van der Waals surface area (Å²) >= 11 is 1.68. The van der Waals surface area contributed by atoms with Crippen LogP contribution < -0.4 is 14.6 Å². The van der Waals surface area contributed by atoms with Gasteiger partial charge in [0.15, 0.2) is 12.7 Å². The molecule has 0 bridgehead atoms. The third kappa shape index (κ3) is 13.8. The number of carbonyl (C=O) groups is 1. The maximum atomic E-state index is 12.5. The maximum Gasteiger partial charge on any atom is 0.228 e. The molecule has 1 aromatic heterocycles. The second-order valence-corrected chi connectivity index (χ2v) is 11.5. The lowest BCUT2D eigenvalue weighted by molar-refractivity contribution is -0.683. The molecule has 0 saturated carbocycles. The number of carbonyl (C=O) groups excluding carboxylic acids is 1. The standard InChI is InChI=1S/C34H48N2O2S/c1-2-3-4-5-6-7-8-9-10-11-12-13-14-15-25-38-33-22-18-30(19-23-33)27-34(37)35-32-20-16-31(17-21-32)28-36-24-26-39-29-36/h16-24,26,29H,2-15,25,27-28H2,1H3/p+1. The fourth-order valence-electron chi connectivity index (χ4n) is 4.84. The van der Waals surface area contributed by atoms with Crippen LogP contribution >= 0.6 is 11.3 Å². The Morgan fingerprint density at radius 3 is 1.87 bits per heavy atom. The molecule has 3 rings (SSSR count). The normalized spacial score (nSPS) is 11.0. The third-order valence-electron chi connectivity index (χ3n) is 7.18. The number of hydrogen-bond donors (Lipinski definition) is 1. The molecule has 4 nitrogen and oxygen atoms in total. The van der Waals surface area contributed by atoms with Crippen LogP contribution in [-0.2, 0) is 17.8 Å². The Balaban J connectivity index is 1.18. The molecule has 0 fully saturated rings. The van der Waals surface area contributed by atoms with Gasteiger partial charge in [-0.05, 0) is 36.2 Å². The van der Waals surface area contributed by atoms with Crippen LogP contribution in [0.1, 0.15) is 108 Å². The molecule has 0 spiro atoms. The molecule has 5 heteroatoms. The number of unbranched alkanes of at least 4 members (excludes halogenated alkanes) is 13. The van der Waals surface area contributed by atoms with Crippen molar-refractivity contribution in [2.24, 2.45) is 0 Å². The van der Waals surface area contributed by atoms with E-state index in [0.717, 1.165) is 36.6 Å². The average molecular weight is 550 g/mol. The molecule has 1 N–H and O–H groups in total. The summed E-state index contributed by atoms with van der Waals surface area (Å²) in [6.07, 6.45) is 21.5. The minimum atomic E-state index is -0.00830. The van der Waals surface area contributed by atoms with E-state index in [-0.39, 0.29) is 5.91 Å². The minimum Gasteiger partial charge on any atom is -0.494 e. The first-order chi connectivity index (χ1) is 19.2. The number of benzene rings is 2. The van der Waals surface area contributed by atoms with Gasteiger partial charge in [0.25, 0.3) is 0 Å². The smallest absolute Gasteiger partial charge is 0.228 e. The molecular formula is C34H49N2O2S+. The highest BCUT2D eigenvalue weighted by atomic mass is 32.1. The first-order valence-corrected chi connectivity index (χ1v) is 16.2. The van der Waals surface area contributed by atoms with Gasteiger partial charge < -0.3 is 10.1 Å². The van der Waals surface area contributed by atoms with Gasteiger partial charge in [-0.2, -0.15) is 4.57 Å². The summed E-state index contributed by atoms with van der Waals surface area (Å²) in [5, 5.41) is 5.06. The van der Waals surface area contributed by atoms with E-state index in [1.54, 1.807) is 11.3 Å². The quantitative estimate of drug-likeness (QED) is 0.106. The van der Waals surface area contributed by atoms with E-state index >= 15 is 0 Å². The third-order valence-corrected chi connectivity index (χ3v) is 7.86. The van der Waals surface area contributed by atoms with Gasteiger partial charge in [0.05, 0.1) is 18.4 Å². The first-order valence-electron chi connectivity index (χ1n) is 15.2. The van der Waals surface area contributed by atoms with Crippen molar-refractivity contribution in [3.8, 4) is 5.75 Å². The Kier molecular flexibility index (Phi) is 15.4. The number of anilines is 1. The minimum absolute atomic E-state index is 0.00830. The molecule has 0 aliphatic rings. The van der Waals surface area contributed by atoms with Gasteiger partial charge in [-0.3, -0.25) is 4.79 Å². The van der Waals surface area contributed by atoms with E-state index in [1.807, 2.05) is 36.4 Å². The molecule has 0 atom stereocenters. The zero-order valence-electron chi connectivity index (χ0n) is 24.0. The van der Waals surface area contributed by atoms with Crippen molar-refractivity contribution in [1.29, 1.82) is 0 Å². The van der Waals surface area contributed by atoms with Gasteiger partial charge in [-0.25, -0.2) is 0 Å². The fraction of sp³-hybridized carbons (Fsp3) is 0.529. The maximum absolute atomic E-state index is 12.5. The van der Waals surface area contributed by atoms with E-state index in [0.29, 0.717) is 6.42 Å². The number of aromatic nitrogens is 1. The van der Waals surface area contributed by atoms with Crippen molar-refractivity contribution in [3.63, 3.8) is 0 Å². The number of nitrogens with zero attached hydrogens (tertiary/aromatic N) is 1. The Labute approximate surface area is 240 Å². The van der Waals surface area contributed by atoms with Crippen LogP contribution in [0.5, 0.6) is 5.75 Å². The summed E-state index contributed by atoms with van der Waals surface area (Å²) in [6.45, 7) is 3.88. The molecule has 2 aromatic carbocycles. The second-order valence-electron chi connectivity index (χ2n) is 10.7. The molecule has 0 unspecified atom stereocenters. The topological polar surface area (TPSA) is 42.2 Å².